The van der Waals surface area contributed by atoms with Crippen LogP contribution in [0.15, 0.2) is 18.2 Å². The van der Waals surface area contributed by atoms with Crippen LogP contribution in [0.3, 0.4) is 0 Å². The molecular weight excluding hydrogens is 242 g/mol. The third kappa shape index (κ3) is 3.70. The van der Waals surface area contributed by atoms with Crippen molar-refractivity contribution in [3.8, 4) is 5.75 Å². The first kappa shape index (κ1) is 13.9. The average molecular weight is 263 g/mol. The first-order valence-electron chi connectivity index (χ1n) is 6.77. The summed E-state index contributed by atoms with van der Waals surface area (Å²) < 4.78 is 10.5. The molecule has 0 saturated carbocycles. The second kappa shape index (κ2) is 6.06. The molecule has 2 N–H and O–H groups in total. The fourth-order valence-corrected chi connectivity index (χ4v) is 2.34. The molecule has 104 valence electrons. The van der Waals surface area contributed by atoms with Crippen LogP contribution in [0.4, 0.5) is 0 Å². The van der Waals surface area contributed by atoms with Crippen molar-refractivity contribution in [1.82, 2.24) is 0 Å². The lowest BCUT2D eigenvalue weighted by atomic mass is 9.88. The molecule has 0 aliphatic heterocycles. The number of carbonyl (C=O) groups excluding carboxylic acids is 1. The van der Waals surface area contributed by atoms with Crippen LogP contribution in [0.5, 0.6) is 5.75 Å². The summed E-state index contributed by atoms with van der Waals surface area (Å²) in [6, 6.07) is 5.95. The summed E-state index contributed by atoms with van der Waals surface area (Å²) in [6.07, 6.45) is 3.09. The predicted molar refractivity (Wildman–Crippen MR) is 73.0 cm³/mol. The number of esters is 1. The second-order valence-corrected chi connectivity index (χ2v) is 5.19. The molecule has 0 spiro atoms. The molecule has 0 bridgehead atoms. The molecule has 0 unspecified atom stereocenters. The van der Waals surface area contributed by atoms with E-state index >= 15 is 0 Å². The van der Waals surface area contributed by atoms with Gasteiger partial charge in [-0.1, -0.05) is 6.07 Å². The lowest BCUT2D eigenvalue weighted by Crippen LogP contribution is -2.20. The van der Waals surface area contributed by atoms with Gasteiger partial charge in [0, 0.05) is 6.04 Å². The number of rotatable bonds is 4. The summed E-state index contributed by atoms with van der Waals surface area (Å²) in [7, 11) is 0. The fourth-order valence-electron chi connectivity index (χ4n) is 2.34. The third-order valence-corrected chi connectivity index (χ3v) is 3.20. The Kier molecular flexibility index (Phi) is 4.43. The second-order valence-electron chi connectivity index (χ2n) is 5.19. The van der Waals surface area contributed by atoms with E-state index in [9.17, 15) is 4.79 Å². The minimum atomic E-state index is -0.350. The van der Waals surface area contributed by atoms with E-state index in [4.69, 9.17) is 15.2 Å². The van der Waals surface area contributed by atoms with Gasteiger partial charge in [0.05, 0.1) is 6.10 Å². The number of aryl methyl sites for hydroxylation is 1. The van der Waals surface area contributed by atoms with E-state index in [1.807, 2.05) is 32.0 Å². The van der Waals surface area contributed by atoms with Crippen LogP contribution >= 0.6 is 0 Å². The van der Waals surface area contributed by atoms with Crippen LogP contribution in [-0.2, 0) is 16.0 Å². The third-order valence-electron chi connectivity index (χ3n) is 3.20. The van der Waals surface area contributed by atoms with Crippen molar-refractivity contribution < 1.29 is 14.3 Å². The largest absolute Gasteiger partial charge is 0.482 e. The summed E-state index contributed by atoms with van der Waals surface area (Å²) in [5.74, 6) is 0.328. The molecule has 1 aromatic rings. The average Bonchev–Trinajstić information content (AvgIpc) is 2.36. The van der Waals surface area contributed by atoms with Gasteiger partial charge in [0.15, 0.2) is 6.61 Å². The first-order chi connectivity index (χ1) is 9.06. The zero-order valence-electron chi connectivity index (χ0n) is 11.5. The van der Waals surface area contributed by atoms with Crippen molar-refractivity contribution in [3.63, 3.8) is 0 Å². The van der Waals surface area contributed by atoms with E-state index in [1.54, 1.807) is 0 Å². The number of hydrogen-bond acceptors (Lipinski definition) is 4. The summed E-state index contributed by atoms with van der Waals surface area (Å²) in [5.41, 5.74) is 8.52. The van der Waals surface area contributed by atoms with E-state index in [-0.39, 0.29) is 24.7 Å². The Bertz CT molecular complexity index is 457. The molecule has 0 fully saturated rings. The van der Waals surface area contributed by atoms with Crippen molar-refractivity contribution in [2.45, 2.75) is 45.3 Å². The van der Waals surface area contributed by atoms with Gasteiger partial charge in [-0.2, -0.15) is 0 Å². The normalized spacial score (nSPS) is 18.0. The maximum absolute atomic E-state index is 11.4. The minimum Gasteiger partial charge on any atom is -0.482 e. The monoisotopic (exact) mass is 263 g/mol. The zero-order valence-corrected chi connectivity index (χ0v) is 11.5. The van der Waals surface area contributed by atoms with Gasteiger partial charge in [0.1, 0.15) is 5.75 Å². The lowest BCUT2D eigenvalue weighted by Gasteiger charge is -2.22. The Hall–Kier alpha value is -1.55. The quantitative estimate of drug-likeness (QED) is 0.847. The van der Waals surface area contributed by atoms with E-state index in [2.05, 4.69) is 0 Å². The van der Waals surface area contributed by atoms with Crippen LogP contribution in [0.1, 0.15) is 43.9 Å². The van der Waals surface area contributed by atoms with Gasteiger partial charge >= 0.3 is 5.97 Å². The van der Waals surface area contributed by atoms with Crippen molar-refractivity contribution >= 4 is 5.97 Å². The van der Waals surface area contributed by atoms with Gasteiger partial charge in [0.25, 0.3) is 0 Å². The molecule has 1 atom stereocenters. The molecule has 4 nitrogen and oxygen atoms in total. The first-order valence-corrected chi connectivity index (χ1v) is 6.77. The summed E-state index contributed by atoms with van der Waals surface area (Å²) >= 11 is 0. The highest BCUT2D eigenvalue weighted by atomic mass is 16.6. The molecule has 4 heteroatoms. The van der Waals surface area contributed by atoms with E-state index in [0.29, 0.717) is 5.75 Å². The number of nitrogens with two attached hydrogens (primary N) is 1. The van der Waals surface area contributed by atoms with Crippen molar-refractivity contribution in [2.24, 2.45) is 5.73 Å². The molecule has 0 radical (unpaired) electrons. The maximum Gasteiger partial charge on any atom is 0.344 e. The molecule has 19 heavy (non-hydrogen) atoms. The highest BCUT2D eigenvalue weighted by molar-refractivity contribution is 5.71. The topological polar surface area (TPSA) is 61.5 Å². The molecule has 0 amide bonds. The van der Waals surface area contributed by atoms with Gasteiger partial charge < -0.3 is 15.2 Å². The number of carbonyl (C=O) groups is 1. The molecule has 2 rings (SSSR count). The molecule has 0 aromatic heterocycles. The molecule has 1 aliphatic rings. The Balaban J connectivity index is 1.98. The zero-order chi connectivity index (χ0) is 13.8. The highest BCUT2D eigenvalue weighted by Gasteiger charge is 2.17. The lowest BCUT2D eigenvalue weighted by molar-refractivity contribution is -0.149. The summed E-state index contributed by atoms with van der Waals surface area (Å²) in [5, 5.41) is 0. The van der Waals surface area contributed by atoms with E-state index < -0.39 is 0 Å². The van der Waals surface area contributed by atoms with Gasteiger partial charge in [-0.15, -0.1) is 0 Å². The fraction of sp³-hybridized carbons (Fsp3) is 0.533. The van der Waals surface area contributed by atoms with E-state index in [0.717, 1.165) is 24.8 Å². The van der Waals surface area contributed by atoms with Gasteiger partial charge in [-0.3, -0.25) is 0 Å². The number of ether oxygens (including phenoxy) is 2. The molecule has 1 aromatic carbocycles. The minimum absolute atomic E-state index is 0.0633. The van der Waals surface area contributed by atoms with Crippen LogP contribution < -0.4 is 10.5 Å². The Morgan fingerprint density at radius 2 is 2.26 bits per heavy atom. The van der Waals surface area contributed by atoms with Crippen molar-refractivity contribution in [3.05, 3.63) is 29.3 Å². The Morgan fingerprint density at radius 3 is 3.00 bits per heavy atom. The van der Waals surface area contributed by atoms with Crippen LogP contribution in [0.2, 0.25) is 0 Å². The van der Waals surface area contributed by atoms with Crippen molar-refractivity contribution in [2.75, 3.05) is 6.61 Å². The van der Waals surface area contributed by atoms with Gasteiger partial charge in [-0.05, 0) is 56.4 Å². The molecular formula is C15H21NO3. The van der Waals surface area contributed by atoms with Crippen molar-refractivity contribution in [1.29, 1.82) is 0 Å². The number of fused-ring (bicyclic) bond motifs is 1. The van der Waals surface area contributed by atoms with Gasteiger partial charge in [0.2, 0.25) is 0 Å². The maximum atomic E-state index is 11.4. The van der Waals surface area contributed by atoms with Crippen LogP contribution in [0.25, 0.3) is 0 Å². The SMILES string of the molecule is CC(C)OC(=O)COc1ccc2c(c1)[C@@H](N)CCC2. The van der Waals surface area contributed by atoms with Crippen LogP contribution in [-0.4, -0.2) is 18.7 Å². The molecule has 1 aliphatic carbocycles. The number of benzene rings is 1. The Labute approximate surface area is 113 Å². The number of hydrogen-bond donors (Lipinski definition) is 1. The summed E-state index contributed by atoms with van der Waals surface area (Å²) in [4.78, 5) is 11.4. The molecule has 0 heterocycles. The molecule has 0 saturated heterocycles. The smallest absolute Gasteiger partial charge is 0.344 e. The standard InChI is InChI=1S/C15H21NO3/c1-10(2)19-15(17)9-18-12-7-6-11-4-3-5-14(16)13(11)8-12/h6-8,10,14H,3-5,9,16H2,1-2H3/t14-/m0/s1. The van der Waals surface area contributed by atoms with Gasteiger partial charge in [-0.25, -0.2) is 4.79 Å². The highest BCUT2D eigenvalue weighted by Crippen LogP contribution is 2.30. The predicted octanol–water partition coefficient (Wildman–Crippen LogP) is 2.35. The Morgan fingerprint density at radius 1 is 1.47 bits per heavy atom. The summed E-state index contributed by atoms with van der Waals surface area (Å²) in [6.45, 7) is 3.57. The van der Waals surface area contributed by atoms with Crippen LogP contribution in [0, 0.1) is 0 Å². The van der Waals surface area contributed by atoms with E-state index in [1.165, 1.54) is 5.56 Å².